The second-order valence-electron chi connectivity index (χ2n) is 15.7. The summed E-state index contributed by atoms with van der Waals surface area (Å²) < 4.78 is 58.7. The first-order chi connectivity index (χ1) is 24.6. The molecule has 1 saturated heterocycles. The summed E-state index contributed by atoms with van der Waals surface area (Å²) in [5.74, 6) is -2.01. The quantitative estimate of drug-likeness (QED) is 0.184. The Labute approximate surface area is 302 Å². The van der Waals surface area contributed by atoms with Gasteiger partial charge in [0.1, 0.15) is 11.9 Å². The number of likely N-dealkylation sites (tertiary alicyclic amines) is 1. The van der Waals surface area contributed by atoms with Crippen molar-refractivity contribution in [3.63, 3.8) is 0 Å². The maximum absolute atomic E-state index is 14.4. The molecule has 1 aliphatic heterocycles. The molecule has 3 aromatic rings. The zero-order chi connectivity index (χ0) is 37.5. The number of aryl methyl sites for hydroxylation is 3. The van der Waals surface area contributed by atoms with Crippen molar-refractivity contribution in [2.24, 2.45) is 11.8 Å². The topological polar surface area (TPSA) is 91.6 Å². The van der Waals surface area contributed by atoms with E-state index in [0.29, 0.717) is 43.5 Å². The fourth-order valence-corrected chi connectivity index (χ4v) is 8.45. The average Bonchev–Trinajstić information content (AvgIpc) is 3.74. The van der Waals surface area contributed by atoms with Crippen molar-refractivity contribution in [1.82, 2.24) is 14.8 Å². The van der Waals surface area contributed by atoms with Gasteiger partial charge in [0.05, 0.1) is 18.0 Å². The van der Waals surface area contributed by atoms with Crippen molar-refractivity contribution in [2.45, 2.75) is 110 Å². The third-order valence-corrected chi connectivity index (χ3v) is 11.1. The molecule has 3 aliphatic rings. The smallest absolute Gasteiger partial charge is 0.416 e. The van der Waals surface area contributed by atoms with Crippen molar-refractivity contribution in [3.05, 3.63) is 91.6 Å². The number of nitrogens with one attached hydrogen (secondary N) is 1. The molecule has 6 rings (SSSR count). The van der Waals surface area contributed by atoms with Gasteiger partial charge >= 0.3 is 12.1 Å². The van der Waals surface area contributed by atoms with Crippen LogP contribution in [0.25, 0.3) is 11.1 Å². The summed E-state index contributed by atoms with van der Waals surface area (Å²) in [5.41, 5.74) is 4.06. The average molecular weight is 724 g/mol. The molecule has 1 saturated carbocycles. The molecule has 7 nitrogen and oxygen atoms in total. The Morgan fingerprint density at radius 1 is 0.981 bits per heavy atom. The Morgan fingerprint density at radius 3 is 2.25 bits per heavy atom. The maximum Gasteiger partial charge on any atom is 0.416 e. The van der Waals surface area contributed by atoms with E-state index in [1.165, 1.54) is 31.2 Å². The first kappa shape index (κ1) is 37.8. The summed E-state index contributed by atoms with van der Waals surface area (Å²) >= 11 is 0. The molecule has 52 heavy (non-hydrogen) atoms. The largest absolute Gasteiger partial charge is 0.481 e. The third kappa shape index (κ3) is 8.45. The van der Waals surface area contributed by atoms with E-state index in [2.05, 4.69) is 10.2 Å². The summed E-state index contributed by atoms with van der Waals surface area (Å²) in [6.45, 7) is 9.69. The molecule has 2 fully saturated rings. The zero-order valence-corrected chi connectivity index (χ0v) is 30.4. The van der Waals surface area contributed by atoms with Crippen molar-refractivity contribution < 1.29 is 32.3 Å². The number of benzene rings is 2. The number of nitrogens with zero attached hydrogens (tertiary/aromatic N) is 2. The molecule has 2 N–H and O–H groups in total. The number of carbonyl (C=O) groups is 2. The van der Waals surface area contributed by atoms with Crippen molar-refractivity contribution in [2.75, 3.05) is 19.6 Å². The number of halogens is 4. The van der Waals surface area contributed by atoms with Gasteiger partial charge in [-0.15, -0.1) is 0 Å². The molecule has 1 amide bonds. The lowest BCUT2D eigenvalue weighted by atomic mass is 9.86. The Kier molecular flexibility index (Phi) is 11.0. The van der Waals surface area contributed by atoms with Crippen LogP contribution in [0.2, 0.25) is 0 Å². The summed E-state index contributed by atoms with van der Waals surface area (Å²) in [5, 5.41) is 12.9. The van der Waals surface area contributed by atoms with Crippen LogP contribution in [-0.2, 0) is 28.6 Å². The van der Waals surface area contributed by atoms with Gasteiger partial charge in [-0.25, -0.2) is 4.39 Å². The molecule has 0 radical (unpaired) electrons. The molecule has 2 atom stereocenters. The lowest BCUT2D eigenvalue weighted by Crippen LogP contribution is -2.41. The first-order valence-corrected chi connectivity index (χ1v) is 18.6. The summed E-state index contributed by atoms with van der Waals surface area (Å²) in [6, 6.07) is 5.19. The molecular weight excluding hydrogens is 674 g/mol. The standard InChI is InChI=1S/C41H49F4N3O4/c1-23(2)14-36(48-22-33(34(19-37(48)49)41(43,44)45)27-10-12-47(13-11-27)21-26-8-9-26)40(52)46-35(20-38(50)51)29-17-28-6-5-7-31(28)32(18-29)39-24(3)15-30(42)16-25(39)4/h15-19,22-23,26-27,35-36H,5-14,20-21H2,1-4H3,(H,46,52)(H,50,51)/t35-,36-/m1/s1. The number of fused-ring (bicyclic) bond motifs is 1. The van der Waals surface area contributed by atoms with Crippen LogP contribution in [0.3, 0.4) is 0 Å². The minimum Gasteiger partial charge on any atom is -0.481 e. The van der Waals surface area contributed by atoms with Crippen LogP contribution in [-0.4, -0.2) is 46.1 Å². The number of hydrogen-bond donors (Lipinski definition) is 2. The molecule has 2 aliphatic carbocycles. The summed E-state index contributed by atoms with van der Waals surface area (Å²) in [7, 11) is 0. The molecule has 0 unspecified atom stereocenters. The maximum atomic E-state index is 14.4. The van der Waals surface area contributed by atoms with Crippen LogP contribution in [0, 0.1) is 31.5 Å². The van der Waals surface area contributed by atoms with E-state index in [1.807, 2.05) is 39.8 Å². The van der Waals surface area contributed by atoms with Gasteiger partial charge in [0.25, 0.3) is 5.56 Å². The van der Waals surface area contributed by atoms with Crippen molar-refractivity contribution >= 4 is 11.9 Å². The van der Waals surface area contributed by atoms with Gasteiger partial charge in [-0.2, -0.15) is 13.2 Å². The Bertz CT molecular complexity index is 1870. The van der Waals surface area contributed by atoms with Crippen molar-refractivity contribution in [3.8, 4) is 11.1 Å². The van der Waals surface area contributed by atoms with Gasteiger partial charge in [-0.05, 0) is 159 Å². The lowest BCUT2D eigenvalue weighted by molar-refractivity contribution is -0.139. The second-order valence-corrected chi connectivity index (χ2v) is 15.7. The van der Waals surface area contributed by atoms with E-state index >= 15 is 0 Å². The van der Waals surface area contributed by atoms with Gasteiger partial charge in [-0.3, -0.25) is 14.4 Å². The van der Waals surface area contributed by atoms with E-state index < -0.39 is 53.6 Å². The molecule has 1 aromatic heterocycles. The minimum atomic E-state index is -4.74. The fraction of sp³-hybridized carbons (Fsp3) is 0.537. The van der Waals surface area contributed by atoms with Gasteiger partial charge in [0.2, 0.25) is 5.91 Å². The van der Waals surface area contributed by atoms with Gasteiger partial charge in [0.15, 0.2) is 0 Å². The highest BCUT2D eigenvalue weighted by Gasteiger charge is 2.39. The molecule has 280 valence electrons. The van der Waals surface area contributed by atoms with Crippen LogP contribution in [0.4, 0.5) is 17.6 Å². The Hall–Kier alpha value is -3.99. The fourth-order valence-electron chi connectivity index (χ4n) is 8.45. The Morgan fingerprint density at radius 2 is 1.65 bits per heavy atom. The van der Waals surface area contributed by atoms with E-state index in [0.717, 1.165) is 63.8 Å². The number of carboxylic acid groups (broad SMARTS) is 1. The minimum absolute atomic E-state index is 0.0233. The first-order valence-electron chi connectivity index (χ1n) is 18.6. The number of rotatable bonds is 12. The Balaban J connectivity index is 1.36. The van der Waals surface area contributed by atoms with Crippen LogP contribution in [0.5, 0.6) is 0 Å². The molecule has 0 bridgehead atoms. The van der Waals surface area contributed by atoms with E-state index in [-0.39, 0.29) is 23.7 Å². The predicted molar refractivity (Wildman–Crippen MR) is 192 cm³/mol. The number of piperidine rings is 1. The van der Waals surface area contributed by atoms with Crippen LogP contribution in [0.15, 0.2) is 41.3 Å². The van der Waals surface area contributed by atoms with Gasteiger partial charge in [-0.1, -0.05) is 19.9 Å². The predicted octanol–water partition coefficient (Wildman–Crippen LogP) is 8.29. The molecule has 2 aromatic carbocycles. The lowest BCUT2D eigenvalue weighted by Gasteiger charge is -2.34. The van der Waals surface area contributed by atoms with Gasteiger partial charge in [0, 0.05) is 18.8 Å². The normalized spacial score (nSPS) is 18.0. The number of alkyl halides is 3. The number of aliphatic carboxylic acids is 1. The highest BCUT2D eigenvalue weighted by atomic mass is 19.4. The molecule has 2 heterocycles. The number of carboxylic acids is 1. The number of aromatic nitrogens is 1. The highest BCUT2D eigenvalue weighted by molar-refractivity contribution is 5.82. The van der Waals surface area contributed by atoms with Crippen LogP contribution < -0.4 is 10.9 Å². The monoisotopic (exact) mass is 723 g/mol. The molecular formula is C41H49F4N3O4. The highest BCUT2D eigenvalue weighted by Crippen LogP contribution is 2.41. The second kappa shape index (κ2) is 15.2. The van der Waals surface area contributed by atoms with E-state index in [4.69, 9.17) is 0 Å². The number of carbonyl (C=O) groups excluding carboxylic acids is 1. The number of hydrogen-bond acceptors (Lipinski definition) is 4. The molecule has 0 spiro atoms. The third-order valence-electron chi connectivity index (χ3n) is 11.1. The number of pyridine rings is 1. The van der Waals surface area contributed by atoms with Gasteiger partial charge < -0.3 is 19.9 Å². The van der Waals surface area contributed by atoms with Crippen molar-refractivity contribution in [1.29, 1.82) is 0 Å². The summed E-state index contributed by atoms with van der Waals surface area (Å²) in [4.78, 5) is 42.4. The number of amides is 1. The van der Waals surface area contributed by atoms with Crippen LogP contribution >= 0.6 is 0 Å². The summed E-state index contributed by atoms with van der Waals surface area (Å²) in [6.07, 6.45) is 2.10. The van der Waals surface area contributed by atoms with E-state index in [9.17, 15) is 37.1 Å². The SMILES string of the molecule is Cc1cc(F)cc(C)c1-c1cc([C@@H](CC(=O)O)NC(=O)[C@@H](CC(C)C)n2cc(C3CCN(CC4CC4)CC3)c(C(F)(F)F)cc2=O)cc2c1CCC2. The zero-order valence-electron chi connectivity index (χ0n) is 30.4. The molecule has 11 heteroatoms. The van der Waals surface area contributed by atoms with Crippen LogP contribution in [0.1, 0.15) is 116 Å². The van der Waals surface area contributed by atoms with E-state index in [1.54, 1.807) is 0 Å².